The topological polar surface area (TPSA) is 38.3 Å². The van der Waals surface area contributed by atoms with E-state index in [9.17, 15) is 4.79 Å². The van der Waals surface area contributed by atoms with Crippen molar-refractivity contribution in [2.45, 2.75) is 58.9 Å². The van der Waals surface area contributed by atoms with E-state index in [-0.39, 0.29) is 5.97 Å². The van der Waals surface area contributed by atoms with Crippen LogP contribution in [-0.2, 0) is 9.53 Å². The molecule has 1 aliphatic rings. The third kappa shape index (κ3) is 5.07. The summed E-state index contributed by atoms with van der Waals surface area (Å²) in [5, 5.41) is 3.42. The Morgan fingerprint density at radius 1 is 1.47 bits per heavy atom. The fourth-order valence-electron chi connectivity index (χ4n) is 1.82. The second kappa shape index (κ2) is 6.39. The zero-order valence-corrected chi connectivity index (χ0v) is 11.7. The van der Waals surface area contributed by atoms with Crippen LogP contribution in [0, 0.1) is 11.8 Å². The molecular weight excluding hydrogens is 214 g/mol. The lowest BCUT2D eigenvalue weighted by Crippen LogP contribution is -2.51. The lowest BCUT2D eigenvalue weighted by atomic mass is 9.91. The maximum Gasteiger partial charge on any atom is 0.326 e. The second-order valence-electron chi connectivity index (χ2n) is 5.81. The molecule has 0 heterocycles. The molecule has 0 bridgehead atoms. The van der Waals surface area contributed by atoms with E-state index in [1.165, 1.54) is 12.8 Å². The smallest absolute Gasteiger partial charge is 0.326 e. The van der Waals surface area contributed by atoms with Gasteiger partial charge in [-0.05, 0) is 57.9 Å². The summed E-state index contributed by atoms with van der Waals surface area (Å²) in [6.45, 7) is 9.63. The van der Waals surface area contributed by atoms with Crippen molar-refractivity contribution in [1.29, 1.82) is 0 Å². The van der Waals surface area contributed by atoms with E-state index in [2.05, 4.69) is 19.2 Å². The first kappa shape index (κ1) is 14.5. The van der Waals surface area contributed by atoms with Gasteiger partial charge in [0.2, 0.25) is 0 Å². The average molecular weight is 241 g/mol. The monoisotopic (exact) mass is 241 g/mol. The van der Waals surface area contributed by atoms with Crippen molar-refractivity contribution in [2.75, 3.05) is 13.2 Å². The zero-order chi connectivity index (χ0) is 12.9. The fraction of sp³-hybridized carbons (Fsp3) is 0.929. The van der Waals surface area contributed by atoms with Crippen LogP contribution in [0.2, 0.25) is 0 Å². The highest BCUT2D eigenvalue weighted by molar-refractivity contribution is 5.80. The SMILES string of the molecule is CCOC(=O)C(C)(CCC(C)C)NCC1CC1. The van der Waals surface area contributed by atoms with Crippen molar-refractivity contribution in [3.05, 3.63) is 0 Å². The molecule has 0 radical (unpaired) electrons. The minimum Gasteiger partial charge on any atom is -0.465 e. The standard InChI is InChI=1S/C14H27NO2/c1-5-17-13(16)14(4,9-8-11(2)3)15-10-12-6-7-12/h11-12,15H,5-10H2,1-4H3. The minimum absolute atomic E-state index is 0.0960. The minimum atomic E-state index is -0.497. The van der Waals surface area contributed by atoms with Crippen molar-refractivity contribution < 1.29 is 9.53 Å². The molecule has 1 fully saturated rings. The van der Waals surface area contributed by atoms with E-state index in [1.807, 2.05) is 13.8 Å². The Bertz CT molecular complexity index is 241. The molecule has 0 aliphatic heterocycles. The van der Waals surface area contributed by atoms with Crippen LogP contribution in [0.5, 0.6) is 0 Å². The first-order valence-corrected chi connectivity index (χ1v) is 6.90. The summed E-state index contributed by atoms with van der Waals surface area (Å²) in [6, 6.07) is 0. The highest BCUT2D eigenvalue weighted by atomic mass is 16.5. The molecule has 3 heteroatoms. The van der Waals surface area contributed by atoms with Gasteiger partial charge in [-0.25, -0.2) is 0 Å². The third-order valence-corrected chi connectivity index (χ3v) is 3.43. The molecule has 1 N–H and O–H groups in total. The molecule has 0 aromatic carbocycles. The van der Waals surface area contributed by atoms with E-state index >= 15 is 0 Å². The third-order valence-electron chi connectivity index (χ3n) is 3.43. The maximum absolute atomic E-state index is 12.0. The second-order valence-corrected chi connectivity index (χ2v) is 5.81. The number of esters is 1. The number of carbonyl (C=O) groups excluding carboxylic acids is 1. The van der Waals surface area contributed by atoms with E-state index in [0.717, 1.165) is 25.3 Å². The number of nitrogens with one attached hydrogen (secondary N) is 1. The quantitative estimate of drug-likeness (QED) is 0.664. The van der Waals surface area contributed by atoms with Gasteiger partial charge in [-0.15, -0.1) is 0 Å². The zero-order valence-electron chi connectivity index (χ0n) is 11.7. The first-order valence-electron chi connectivity index (χ1n) is 6.90. The van der Waals surface area contributed by atoms with Gasteiger partial charge < -0.3 is 10.1 Å². The van der Waals surface area contributed by atoms with Crippen LogP contribution < -0.4 is 5.32 Å². The number of hydrogen-bond donors (Lipinski definition) is 1. The Balaban J connectivity index is 2.49. The molecule has 1 saturated carbocycles. The number of ether oxygens (including phenoxy) is 1. The van der Waals surface area contributed by atoms with Crippen molar-refractivity contribution >= 4 is 5.97 Å². The van der Waals surface area contributed by atoms with E-state index in [4.69, 9.17) is 4.74 Å². The molecule has 1 atom stereocenters. The van der Waals surface area contributed by atoms with Crippen LogP contribution in [-0.4, -0.2) is 24.7 Å². The Labute approximate surface area is 105 Å². The summed E-state index contributed by atoms with van der Waals surface area (Å²) < 4.78 is 5.19. The molecule has 0 aromatic heterocycles. The van der Waals surface area contributed by atoms with Crippen LogP contribution >= 0.6 is 0 Å². The summed E-state index contributed by atoms with van der Waals surface area (Å²) in [5.41, 5.74) is -0.497. The summed E-state index contributed by atoms with van der Waals surface area (Å²) in [7, 11) is 0. The van der Waals surface area contributed by atoms with Gasteiger partial charge in [0.1, 0.15) is 5.54 Å². The molecule has 0 amide bonds. The molecule has 0 aromatic rings. The Morgan fingerprint density at radius 3 is 2.59 bits per heavy atom. The van der Waals surface area contributed by atoms with Crippen LogP contribution in [0.25, 0.3) is 0 Å². The van der Waals surface area contributed by atoms with Crippen LogP contribution in [0.15, 0.2) is 0 Å². The number of carbonyl (C=O) groups is 1. The lowest BCUT2D eigenvalue weighted by Gasteiger charge is -2.29. The van der Waals surface area contributed by atoms with E-state index < -0.39 is 5.54 Å². The predicted molar refractivity (Wildman–Crippen MR) is 69.8 cm³/mol. The first-order chi connectivity index (χ1) is 7.98. The Morgan fingerprint density at radius 2 is 2.12 bits per heavy atom. The van der Waals surface area contributed by atoms with Gasteiger partial charge in [0, 0.05) is 0 Å². The van der Waals surface area contributed by atoms with Crippen LogP contribution in [0.1, 0.15) is 53.4 Å². The molecule has 1 aliphatic carbocycles. The molecule has 1 rings (SSSR count). The van der Waals surface area contributed by atoms with E-state index in [1.54, 1.807) is 0 Å². The summed E-state index contributed by atoms with van der Waals surface area (Å²) in [6.07, 6.45) is 4.51. The van der Waals surface area contributed by atoms with E-state index in [0.29, 0.717) is 12.5 Å². The van der Waals surface area contributed by atoms with Gasteiger partial charge in [-0.1, -0.05) is 13.8 Å². The molecule has 17 heavy (non-hydrogen) atoms. The molecule has 100 valence electrons. The maximum atomic E-state index is 12.0. The van der Waals surface area contributed by atoms with Crippen molar-refractivity contribution in [3.63, 3.8) is 0 Å². The summed E-state index contributed by atoms with van der Waals surface area (Å²) in [4.78, 5) is 12.0. The van der Waals surface area contributed by atoms with Gasteiger partial charge in [-0.3, -0.25) is 4.79 Å². The van der Waals surface area contributed by atoms with Gasteiger partial charge in [0.15, 0.2) is 0 Å². The molecule has 3 nitrogen and oxygen atoms in total. The van der Waals surface area contributed by atoms with Crippen molar-refractivity contribution in [3.8, 4) is 0 Å². The Hall–Kier alpha value is -0.570. The molecule has 0 saturated heterocycles. The van der Waals surface area contributed by atoms with Gasteiger partial charge in [0.05, 0.1) is 6.61 Å². The van der Waals surface area contributed by atoms with Crippen LogP contribution in [0.4, 0.5) is 0 Å². The molecule has 1 unspecified atom stereocenters. The Kier molecular flexibility index (Phi) is 5.44. The normalized spacial score (nSPS) is 19.1. The lowest BCUT2D eigenvalue weighted by molar-refractivity contribution is -0.151. The highest BCUT2D eigenvalue weighted by Crippen LogP contribution is 2.29. The average Bonchev–Trinajstić information content (AvgIpc) is 3.07. The van der Waals surface area contributed by atoms with Gasteiger partial charge in [0.25, 0.3) is 0 Å². The predicted octanol–water partition coefficient (Wildman–Crippen LogP) is 2.74. The van der Waals surface area contributed by atoms with Crippen molar-refractivity contribution in [1.82, 2.24) is 5.32 Å². The molecule has 0 spiro atoms. The largest absolute Gasteiger partial charge is 0.465 e. The van der Waals surface area contributed by atoms with Gasteiger partial charge in [-0.2, -0.15) is 0 Å². The number of rotatable bonds is 8. The van der Waals surface area contributed by atoms with Crippen LogP contribution in [0.3, 0.4) is 0 Å². The molecular formula is C14H27NO2. The highest BCUT2D eigenvalue weighted by Gasteiger charge is 2.35. The van der Waals surface area contributed by atoms with Gasteiger partial charge >= 0.3 is 5.97 Å². The summed E-state index contributed by atoms with van der Waals surface area (Å²) in [5.74, 6) is 1.30. The summed E-state index contributed by atoms with van der Waals surface area (Å²) >= 11 is 0. The number of hydrogen-bond acceptors (Lipinski definition) is 3. The fourth-order valence-corrected chi connectivity index (χ4v) is 1.82. The van der Waals surface area contributed by atoms with Crippen molar-refractivity contribution in [2.24, 2.45) is 11.8 Å².